The van der Waals surface area contributed by atoms with Gasteiger partial charge in [0.15, 0.2) is 5.54 Å². The molecule has 0 N–H and O–H groups in total. The van der Waals surface area contributed by atoms with E-state index in [1.165, 1.54) is 7.11 Å². The van der Waals surface area contributed by atoms with Gasteiger partial charge < -0.3 is 9.47 Å². The SMILES string of the molecule is COC(=O)CC(=O)CCCCCC1(C(=O)OCc2ccccc2)C=CC=N1. The number of unbranched alkanes of at least 4 members (excludes halogenated alkanes) is 2. The molecule has 27 heavy (non-hydrogen) atoms. The molecular weight excluding hydrogens is 346 g/mol. The van der Waals surface area contributed by atoms with Crippen molar-refractivity contribution in [1.29, 1.82) is 0 Å². The highest BCUT2D eigenvalue weighted by Crippen LogP contribution is 2.27. The second-order valence-electron chi connectivity index (χ2n) is 6.48. The summed E-state index contributed by atoms with van der Waals surface area (Å²) < 4.78 is 9.93. The van der Waals surface area contributed by atoms with Crippen molar-refractivity contribution in [2.75, 3.05) is 7.11 Å². The number of esters is 2. The number of carbonyl (C=O) groups is 3. The Morgan fingerprint density at radius 1 is 1.07 bits per heavy atom. The second-order valence-corrected chi connectivity index (χ2v) is 6.48. The first kappa shape index (κ1) is 20.6. The standard InChI is InChI=1S/C21H25NO5/c1-26-19(24)15-18(23)11-6-3-7-12-21(13-8-14-22-21)20(25)27-16-17-9-4-2-5-10-17/h2,4-5,8-10,13-14H,3,6-7,11-12,15-16H2,1H3. The van der Waals surface area contributed by atoms with E-state index >= 15 is 0 Å². The van der Waals surface area contributed by atoms with Crippen LogP contribution in [0.5, 0.6) is 0 Å². The number of Topliss-reactive ketones (excluding diaryl/α,β-unsaturated/α-hetero) is 1. The van der Waals surface area contributed by atoms with E-state index in [0.29, 0.717) is 19.3 Å². The number of aliphatic imine (C=N–C) groups is 1. The molecule has 1 aliphatic rings. The van der Waals surface area contributed by atoms with Crippen LogP contribution in [0.3, 0.4) is 0 Å². The van der Waals surface area contributed by atoms with E-state index in [4.69, 9.17) is 4.74 Å². The van der Waals surface area contributed by atoms with Crippen molar-refractivity contribution in [3.63, 3.8) is 0 Å². The molecule has 0 spiro atoms. The lowest BCUT2D eigenvalue weighted by Gasteiger charge is -2.22. The molecule has 6 heteroatoms. The lowest BCUT2D eigenvalue weighted by atomic mass is 9.93. The normalized spacial score (nSPS) is 17.7. The number of rotatable bonds is 11. The molecule has 0 radical (unpaired) electrons. The Morgan fingerprint density at radius 2 is 1.85 bits per heavy atom. The fourth-order valence-corrected chi connectivity index (χ4v) is 2.86. The van der Waals surface area contributed by atoms with Crippen LogP contribution in [0.15, 0.2) is 47.5 Å². The van der Waals surface area contributed by atoms with Crippen molar-refractivity contribution in [1.82, 2.24) is 0 Å². The van der Waals surface area contributed by atoms with Crippen LogP contribution in [0.4, 0.5) is 0 Å². The molecule has 1 atom stereocenters. The predicted octanol–water partition coefficient (Wildman–Crippen LogP) is 3.19. The molecule has 0 saturated carbocycles. The minimum Gasteiger partial charge on any atom is -0.469 e. The average molecular weight is 371 g/mol. The van der Waals surface area contributed by atoms with E-state index in [1.807, 2.05) is 30.3 Å². The quantitative estimate of drug-likeness (QED) is 0.339. The molecule has 1 unspecified atom stereocenters. The average Bonchev–Trinajstić information content (AvgIpc) is 3.16. The molecule has 0 amide bonds. The molecule has 0 saturated heterocycles. The first-order valence-electron chi connectivity index (χ1n) is 9.08. The van der Waals surface area contributed by atoms with Crippen molar-refractivity contribution >= 4 is 23.9 Å². The lowest BCUT2D eigenvalue weighted by Crippen LogP contribution is -2.35. The number of methoxy groups -OCH3 is 1. The van der Waals surface area contributed by atoms with E-state index in [1.54, 1.807) is 18.4 Å². The Bertz CT molecular complexity index is 697. The van der Waals surface area contributed by atoms with Gasteiger partial charge in [-0.2, -0.15) is 0 Å². The Morgan fingerprint density at radius 3 is 2.52 bits per heavy atom. The third-order valence-corrected chi connectivity index (χ3v) is 4.41. The molecule has 0 aromatic heterocycles. The molecule has 1 aromatic carbocycles. The Labute approximate surface area is 159 Å². The van der Waals surface area contributed by atoms with Crippen LogP contribution in [-0.2, 0) is 30.5 Å². The minimum atomic E-state index is -0.967. The van der Waals surface area contributed by atoms with E-state index in [2.05, 4.69) is 9.73 Å². The summed E-state index contributed by atoms with van der Waals surface area (Å²) >= 11 is 0. The van der Waals surface area contributed by atoms with Gasteiger partial charge in [-0.1, -0.05) is 43.2 Å². The summed E-state index contributed by atoms with van der Waals surface area (Å²) in [7, 11) is 1.27. The molecule has 1 heterocycles. The van der Waals surface area contributed by atoms with Gasteiger partial charge in [-0.25, -0.2) is 4.79 Å². The monoisotopic (exact) mass is 371 g/mol. The number of ketones is 1. The van der Waals surface area contributed by atoms with Crippen LogP contribution >= 0.6 is 0 Å². The molecule has 144 valence electrons. The van der Waals surface area contributed by atoms with E-state index in [9.17, 15) is 14.4 Å². The minimum absolute atomic E-state index is 0.127. The van der Waals surface area contributed by atoms with Crippen LogP contribution in [0.25, 0.3) is 0 Å². The Kier molecular flexibility index (Phi) is 7.92. The molecule has 1 aromatic rings. The first-order valence-corrected chi connectivity index (χ1v) is 9.08. The summed E-state index contributed by atoms with van der Waals surface area (Å²) in [5, 5.41) is 0. The van der Waals surface area contributed by atoms with Gasteiger partial charge in [0.05, 0.1) is 7.11 Å². The predicted molar refractivity (Wildman–Crippen MR) is 101 cm³/mol. The molecule has 0 aliphatic carbocycles. The molecule has 0 fully saturated rings. The number of ether oxygens (including phenoxy) is 2. The zero-order chi connectivity index (χ0) is 19.5. The van der Waals surface area contributed by atoms with Crippen LogP contribution in [0.2, 0.25) is 0 Å². The molecule has 6 nitrogen and oxygen atoms in total. The number of benzene rings is 1. The van der Waals surface area contributed by atoms with E-state index in [0.717, 1.165) is 18.4 Å². The number of carbonyl (C=O) groups excluding carboxylic acids is 3. The van der Waals surface area contributed by atoms with Gasteiger partial charge in [0.1, 0.15) is 18.8 Å². The van der Waals surface area contributed by atoms with Gasteiger partial charge in [0.2, 0.25) is 0 Å². The van der Waals surface area contributed by atoms with E-state index < -0.39 is 11.5 Å². The number of nitrogens with zero attached hydrogens (tertiary/aromatic N) is 1. The second kappa shape index (κ2) is 10.4. The van der Waals surface area contributed by atoms with Crippen LogP contribution < -0.4 is 0 Å². The maximum Gasteiger partial charge on any atom is 0.338 e. The summed E-state index contributed by atoms with van der Waals surface area (Å²) in [5.41, 5.74) is -0.0405. The topological polar surface area (TPSA) is 82.0 Å². The molecule has 0 bridgehead atoms. The van der Waals surface area contributed by atoms with Gasteiger partial charge in [-0.15, -0.1) is 0 Å². The molecule has 2 rings (SSSR count). The zero-order valence-electron chi connectivity index (χ0n) is 15.6. The Hall–Kier alpha value is -2.76. The van der Waals surface area contributed by atoms with Gasteiger partial charge in [-0.05, 0) is 30.6 Å². The molecule has 1 aliphatic heterocycles. The third kappa shape index (κ3) is 6.47. The third-order valence-electron chi connectivity index (χ3n) is 4.41. The highest BCUT2D eigenvalue weighted by molar-refractivity contribution is 5.95. The number of hydrogen-bond donors (Lipinski definition) is 0. The lowest BCUT2D eigenvalue weighted by molar-refractivity contribution is -0.149. The highest BCUT2D eigenvalue weighted by Gasteiger charge is 2.37. The van der Waals surface area contributed by atoms with Gasteiger partial charge in [0, 0.05) is 12.6 Å². The largest absolute Gasteiger partial charge is 0.469 e. The number of allylic oxidation sites excluding steroid dienone is 1. The van der Waals surface area contributed by atoms with Gasteiger partial charge >= 0.3 is 11.9 Å². The highest BCUT2D eigenvalue weighted by atomic mass is 16.5. The summed E-state index contributed by atoms with van der Waals surface area (Å²) in [6, 6.07) is 9.51. The van der Waals surface area contributed by atoms with Gasteiger partial charge in [-0.3, -0.25) is 14.6 Å². The van der Waals surface area contributed by atoms with Crippen molar-refractivity contribution in [3.05, 3.63) is 48.0 Å². The summed E-state index contributed by atoms with van der Waals surface area (Å²) in [6.45, 7) is 0.215. The van der Waals surface area contributed by atoms with Crippen molar-refractivity contribution in [2.24, 2.45) is 4.99 Å². The summed E-state index contributed by atoms with van der Waals surface area (Å²) in [6.07, 6.45) is 7.98. The van der Waals surface area contributed by atoms with E-state index in [-0.39, 0.29) is 24.8 Å². The number of hydrogen-bond acceptors (Lipinski definition) is 6. The van der Waals surface area contributed by atoms with Crippen molar-refractivity contribution < 1.29 is 23.9 Å². The van der Waals surface area contributed by atoms with Crippen LogP contribution in [0.1, 0.15) is 44.1 Å². The summed E-state index contributed by atoms with van der Waals surface area (Å²) in [5.74, 6) is -0.999. The molecular formula is C21H25NO5. The van der Waals surface area contributed by atoms with Crippen LogP contribution in [0, 0.1) is 0 Å². The maximum atomic E-state index is 12.6. The van der Waals surface area contributed by atoms with Crippen molar-refractivity contribution in [3.8, 4) is 0 Å². The fraction of sp³-hybridized carbons (Fsp3) is 0.429. The van der Waals surface area contributed by atoms with Crippen LogP contribution in [-0.4, -0.2) is 36.6 Å². The first-order chi connectivity index (χ1) is 13.1. The maximum absolute atomic E-state index is 12.6. The smallest absolute Gasteiger partial charge is 0.338 e. The fourth-order valence-electron chi connectivity index (χ4n) is 2.86. The Balaban J connectivity index is 1.75. The van der Waals surface area contributed by atoms with Crippen molar-refractivity contribution in [2.45, 2.75) is 50.7 Å². The zero-order valence-corrected chi connectivity index (χ0v) is 15.6. The van der Waals surface area contributed by atoms with Gasteiger partial charge in [0.25, 0.3) is 0 Å². The summed E-state index contributed by atoms with van der Waals surface area (Å²) in [4.78, 5) is 39.6.